The van der Waals surface area contributed by atoms with Gasteiger partial charge in [0.25, 0.3) is 10.1 Å². The monoisotopic (exact) mass is 360 g/mol. The fourth-order valence-corrected chi connectivity index (χ4v) is 3.86. The number of hydrogen-bond donors (Lipinski definition) is 0. The Labute approximate surface area is 142 Å². The van der Waals surface area contributed by atoms with Crippen LogP contribution in [-0.2, 0) is 29.2 Å². The summed E-state index contributed by atoms with van der Waals surface area (Å²) < 4.78 is 32.9. The second-order valence-electron chi connectivity index (χ2n) is 6.07. The van der Waals surface area contributed by atoms with Gasteiger partial charge in [0.2, 0.25) is 0 Å². The summed E-state index contributed by atoms with van der Waals surface area (Å²) in [4.78, 5) is 11.2. The molecule has 0 aliphatic heterocycles. The molecule has 0 saturated heterocycles. The summed E-state index contributed by atoms with van der Waals surface area (Å²) >= 11 is 5.95. The van der Waals surface area contributed by atoms with Crippen molar-refractivity contribution in [1.29, 1.82) is 0 Å². The molecule has 1 aliphatic rings. The Morgan fingerprint density at radius 2 is 1.83 bits per heavy atom. The van der Waals surface area contributed by atoms with E-state index in [9.17, 15) is 13.2 Å². The minimum Gasteiger partial charge on any atom is -0.465 e. The van der Waals surface area contributed by atoms with Crippen LogP contribution in [-0.4, -0.2) is 33.4 Å². The summed E-state index contributed by atoms with van der Waals surface area (Å²) in [5, 5.41) is 0.644. The molecule has 0 aromatic heterocycles. The van der Waals surface area contributed by atoms with Crippen LogP contribution in [0.4, 0.5) is 0 Å². The van der Waals surface area contributed by atoms with Gasteiger partial charge in [-0.1, -0.05) is 23.7 Å². The van der Waals surface area contributed by atoms with Crippen LogP contribution < -0.4 is 0 Å². The standard InChI is InChI=1S/C16H21ClO5S/c1-12(18)21-11-16(13-3-5-14(17)6-4-13)9-7-15(8-10-16)22-23(2,19)20/h3-6,15H,7-11H2,1-2H3/t15-,16-. The molecule has 1 aliphatic carbocycles. The van der Waals surface area contributed by atoms with E-state index in [-0.39, 0.29) is 24.1 Å². The fourth-order valence-electron chi connectivity index (χ4n) is 3.05. The molecule has 0 radical (unpaired) electrons. The number of rotatable bonds is 5. The van der Waals surface area contributed by atoms with Crippen LogP contribution in [0, 0.1) is 0 Å². The van der Waals surface area contributed by atoms with E-state index < -0.39 is 10.1 Å². The molecule has 0 N–H and O–H groups in total. The second kappa shape index (κ2) is 7.20. The zero-order valence-corrected chi connectivity index (χ0v) is 14.8. The first-order valence-corrected chi connectivity index (χ1v) is 9.67. The molecule has 5 nitrogen and oxygen atoms in total. The molecule has 0 unspecified atom stereocenters. The first-order chi connectivity index (χ1) is 10.7. The Kier molecular flexibility index (Phi) is 5.70. The third-order valence-electron chi connectivity index (χ3n) is 4.21. The van der Waals surface area contributed by atoms with Crippen molar-refractivity contribution < 1.29 is 22.1 Å². The molecule has 0 heterocycles. The highest BCUT2D eigenvalue weighted by atomic mass is 35.5. The van der Waals surface area contributed by atoms with E-state index in [0.717, 1.165) is 11.8 Å². The zero-order valence-electron chi connectivity index (χ0n) is 13.2. The van der Waals surface area contributed by atoms with Gasteiger partial charge < -0.3 is 4.74 Å². The van der Waals surface area contributed by atoms with E-state index in [2.05, 4.69) is 0 Å². The molecule has 0 atom stereocenters. The van der Waals surface area contributed by atoms with E-state index in [4.69, 9.17) is 20.5 Å². The Balaban J connectivity index is 2.17. The van der Waals surface area contributed by atoms with Gasteiger partial charge in [-0.25, -0.2) is 0 Å². The molecule has 23 heavy (non-hydrogen) atoms. The lowest BCUT2D eigenvalue weighted by atomic mass is 9.69. The highest BCUT2D eigenvalue weighted by Gasteiger charge is 2.39. The van der Waals surface area contributed by atoms with Gasteiger partial charge in [-0.15, -0.1) is 0 Å². The van der Waals surface area contributed by atoms with Crippen LogP contribution in [0.25, 0.3) is 0 Å². The van der Waals surface area contributed by atoms with E-state index in [1.54, 1.807) is 0 Å². The first-order valence-electron chi connectivity index (χ1n) is 7.48. The average molecular weight is 361 g/mol. The van der Waals surface area contributed by atoms with E-state index >= 15 is 0 Å². The third kappa shape index (κ3) is 5.19. The van der Waals surface area contributed by atoms with Crippen LogP contribution in [0.1, 0.15) is 38.2 Å². The van der Waals surface area contributed by atoms with E-state index in [0.29, 0.717) is 30.7 Å². The molecule has 128 valence electrons. The normalized spacial score (nSPS) is 25.1. The minimum atomic E-state index is -3.46. The van der Waals surface area contributed by atoms with Crippen molar-refractivity contribution in [3.63, 3.8) is 0 Å². The van der Waals surface area contributed by atoms with Crippen LogP contribution in [0.5, 0.6) is 0 Å². The van der Waals surface area contributed by atoms with Crippen LogP contribution in [0.3, 0.4) is 0 Å². The van der Waals surface area contributed by atoms with E-state index in [1.807, 2.05) is 24.3 Å². The van der Waals surface area contributed by atoms with Gasteiger partial charge in [0.15, 0.2) is 0 Å². The predicted octanol–water partition coefficient (Wildman–Crippen LogP) is 3.06. The highest BCUT2D eigenvalue weighted by molar-refractivity contribution is 7.86. The fraction of sp³-hybridized carbons (Fsp3) is 0.562. The minimum absolute atomic E-state index is 0.273. The Hall–Kier alpha value is -1.11. The summed E-state index contributed by atoms with van der Waals surface area (Å²) in [7, 11) is -3.46. The van der Waals surface area contributed by atoms with Crippen molar-refractivity contribution in [2.24, 2.45) is 0 Å². The topological polar surface area (TPSA) is 69.7 Å². The average Bonchev–Trinajstić information content (AvgIpc) is 2.46. The van der Waals surface area contributed by atoms with Crippen LogP contribution in [0.2, 0.25) is 5.02 Å². The third-order valence-corrected chi connectivity index (χ3v) is 5.08. The van der Waals surface area contributed by atoms with Gasteiger partial charge in [-0.05, 0) is 43.4 Å². The maximum absolute atomic E-state index is 11.3. The number of carbonyl (C=O) groups excluding carboxylic acids is 1. The highest BCUT2D eigenvalue weighted by Crippen LogP contribution is 2.41. The molecule has 0 spiro atoms. The molecular formula is C16H21ClO5S. The summed E-state index contributed by atoms with van der Waals surface area (Å²) in [6.45, 7) is 1.66. The lowest BCUT2D eigenvalue weighted by Gasteiger charge is -2.39. The van der Waals surface area contributed by atoms with Crippen molar-refractivity contribution in [2.75, 3.05) is 12.9 Å². The van der Waals surface area contributed by atoms with Crippen molar-refractivity contribution in [3.8, 4) is 0 Å². The van der Waals surface area contributed by atoms with E-state index in [1.165, 1.54) is 6.92 Å². The number of ether oxygens (including phenoxy) is 1. The Morgan fingerprint density at radius 1 is 1.26 bits per heavy atom. The van der Waals surface area contributed by atoms with Gasteiger partial charge in [-0.2, -0.15) is 8.42 Å². The summed E-state index contributed by atoms with van der Waals surface area (Å²) in [6, 6.07) is 7.49. The maximum Gasteiger partial charge on any atom is 0.302 e. The number of carbonyl (C=O) groups is 1. The lowest BCUT2D eigenvalue weighted by molar-refractivity contribution is -0.143. The van der Waals surface area contributed by atoms with Crippen molar-refractivity contribution in [3.05, 3.63) is 34.9 Å². The van der Waals surface area contributed by atoms with Crippen molar-refractivity contribution >= 4 is 27.7 Å². The molecule has 1 aromatic carbocycles. The van der Waals surface area contributed by atoms with Crippen LogP contribution in [0.15, 0.2) is 24.3 Å². The molecule has 2 rings (SSSR count). The van der Waals surface area contributed by atoms with Crippen molar-refractivity contribution in [1.82, 2.24) is 0 Å². The largest absolute Gasteiger partial charge is 0.465 e. The molecule has 0 bridgehead atoms. The van der Waals surface area contributed by atoms with Gasteiger partial charge in [0.1, 0.15) is 6.61 Å². The Bertz CT molecular complexity index is 646. The Morgan fingerprint density at radius 3 is 2.30 bits per heavy atom. The SMILES string of the molecule is CC(=O)OC[C@]1(c2ccc(Cl)cc2)CC[C@H](OS(C)(=O)=O)CC1. The quantitative estimate of drug-likeness (QED) is 0.596. The smallest absolute Gasteiger partial charge is 0.302 e. The molecule has 7 heteroatoms. The molecule has 1 aromatic rings. The molecule has 0 amide bonds. The maximum atomic E-state index is 11.3. The van der Waals surface area contributed by atoms with Gasteiger partial charge >= 0.3 is 5.97 Å². The summed E-state index contributed by atoms with van der Waals surface area (Å²) in [5.74, 6) is -0.326. The predicted molar refractivity (Wildman–Crippen MR) is 87.9 cm³/mol. The van der Waals surface area contributed by atoms with Gasteiger partial charge in [0, 0.05) is 17.4 Å². The lowest BCUT2D eigenvalue weighted by Crippen LogP contribution is -2.39. The summed E-state index contributed by atoms with van der Waals surface area (Å²) in [5.41, 5.74) is 0.717. The van der Waals surface area contributed by atoms with Gasteiger partial charge in [-0.3, -0.25) is 8.98 Å². The molecule has 1 saturated carbocycles. The summed E-state index contributed by atoms with van der Waals surface area (Å²) in [6.07, 6.45) is 3.30. The second-order valence-corrected chi connectivity index (χ2v) is 8.10. The van der Waals surface area contributed by atoms with Gasteiger partial charge in [0.05, 0.1) is 12.4 Å². The van der Waals surface area contributed by atoms with Crippen molar-refractivity contribution in [2.45, 2.75) is 44.1 Å². The molecule has 1 fully saturated rings. The number of halogens is 1. The van der Waals surface area contributed by atoms with Crippen LogP contribution >= 0.6 is 11.6 Å². The first kappa shape index (κ1) is 18.2. The molecular weight excluding hydrogens is 340 g/mol. The zero-order chi connectivity index (χ0) is 17.1. The number of esters is 1. The number of benzene rings is 1. The number of hydrogen-bond acceptors (Lipinski definition) is 5.